The van der Waals surface area contributed by atoms with Crippen LogP contribution in [0.15, 0.2) is 54.7 Å². The summed E-state index contributed by atoms with van der Waals surface area (Å²) in [5.41, 5.74) is 2.41. The SMILES string of the molecule is C#CCOc1ccc(C2CC(=O)Nc3c2cnn3-c2cccc(F)c2)cc1. The van der Waals surface area contributed by atoms with E-state index in [1.165, 1.54) is 12.1 Å². The number of nitrogens with one attached hydrogen (secondary N) is 1. The van der Waals surface area contributed by atoms with E-state index >= 15 is 0 Å². The second-order valence-electron chi connectivity index (χ2n) is 6.21. The van der Waals surface area contributed by atoms with E-state index in [0.29, 0.717) is 23.7 Å². The van der Waals surface area contributed by atoms with Crippen LogP contribution in [0.3, 0.4) is 0 Å². The molecule has 3 aromatic rings. The first-order valence-electron chi connectivity index (χ1n) is 8.45. The summed E-state index contributed by atoms with van der Waals surface area (Å²) in [7, 11) is 0. The van der Waals surface area contributed by atoms with Gasteiger partial charge in [-0.3, -0.25) is 4.79 Å². The molecule has 0 spiro atoms. The molecule has 0 aliphatic carbocycles. The van der Waals surface area contributed by atoms with Gasteiger partial charge in [0.2, 0.25) is 5.91 Å². The Hall–Kier alpha value is -3.59. The van der Waals surface area contributed by atoms with Crippen molar-refractivity contribution in [1.29, 1.82) is 0 Å². The van der Waals surface area contributed by atoms with Gasteiger partial charge in [-0.15, -0.1) is 6.42 Å². The maximum absolute atomic E-state index is 13.6. The zero-order chi connectivity index (χ0) is 18.8. The highest BCUT2D eigenvalue weighted by atomic mass is 19.1. The highest BCUT2D eigenvalue weighted by molar-refractivity contribution is 5.94. The van der Waals surface area contributed by atoms with Crippen LogP contribution in [-0.4, -0.2) is 22.3 Å². The summed E-state index contributed by atoms with van der Waals surface area (Å²) >= 11 is 0. The Morgan fingerprint density at radius 3 is 2.85 bits per heavy atom. The van der Waals surface area contributed by atoms with Gasteiger partial charge in [0, 0.05) is 17.9 Å². The van der Waals surface area contributed by atoms with E-state index in [-0.39, 0.29) is 24.2 Å². The van der Waals surface area contributed by atoms with Gasteiger partial charge < -0.3 is 10.1 Å². The molecule has 0 saturated heterocycles. The van der Waals surface area contributed by atoms with Gasteiger partial charge in [-0.25, -0.2) is 9.07 Å². The summed E-state index contributed by atoms with van der Waals surface area (Å²) in [4.78, 5) is 12.3. The number of nitrogens with zero attached hydrogens (tertiary/aromatic N) is 2. The normalized spacial score (nSPS) is 15.6. The number of ether oxygens (including phenoxy) is 1. The van der Waals surface area contributed by atoms with Crippen molar-refractivity contribution in [3.63, 3.8) is 0 Å². The minimum absolute atomic E-state index is 0.113. The largest absolute Gasteiger partial charge is 0.481 e. The van der Waals surface area contributed by atoms with Gasteiger partial charge in [0.05, 0.1) is 11.9 Å². The molecule has 1 aliphatic rings. The molecule has 5 nitrogen and oxygen atoms in total. The topological polar surface area (TPSA) is 56.1 Å². The zero-order valence-corrected chi connectivity index (χ0v) is 14.4. The van der Waals surface area contributed by atoms with Crippen LogP contribution < -0.4 is 10.1 Å². The summed E-state index contributed by atoms with van der Waals surface area (Å²) in [6.07, 6.45) is 7.23. The number of carbonyl (C=O) groups is 1. The standard InChI is InChI=1S/C21H16FN3O2/c1-2-10-27-17-8-6-14(7-9-17)18-12-20(26)24-21-19(18)13-23-25(21)16-5-3-4-15(22)11-16/h1,3-9,11,13,18H,10,12H2,(H,24,26). The van der Waals surface area contributed by atoms with E-state index in [0.717, 1.165) is 11.1 Å². The van der Waals surface area contributed by atoms with Crippen molar-refractivity contribution < 1.29 is 13.9 Å². The fourth-order valence-electron chi connectivity index (χ4n) is 3.24. The molecule has 0 radical (unpaired) electrons. The molecule has 1 unspecified atom stereocenters. The van der Waals surface area contributed by atoms with Crippen molar-refractivity contribution in [3.05, 3.63) is 71.7 Å². The number of carbonyl (C=O) groups excluding carboxylic acids is 1. The van der Waals surface area contributed by atoms with Gasteiger partial charge in [0.15, 0.2) is 0 Å². The number of halogens is 1. The maximum atomic E-state index is 13.6. The fourth-order valence-corrected chi connectivity index (χ4v) is 3.24. The molecule has 27 heavy (non-hydrogen) atoms. The minimum atomic E-state index is -0.363. The van der Waals surface area contributed by atoms with Gasteiger partial charge in [-0.1, -0.05) is 24.1 Å². The van der Waals surface area contributed by atoms with Crippen LogP contribution >= 0.6 is 0 Å². The second kappa shape index (κ2) is 6.96. The van der Waals surface area contributed by atoms with Gasteiger partial charge in [0.25, 0.3) is 0 Å². The Morgan fingerprint density at radius 1 is 1.30 bits per heavy atom. The summed E-state index contributed by atoms with van der Waals surface area (Å²) in [6, 6.07) is 13.6. The van der Waals surface area contributed by atoms with Crippen molar-refractivity contribution in [1.82, 2.24) is 9.78 Å². The van der Waals surface area contributed by atoms with E-state index in [2.05, 4.69) is 16.3 Å². The predicted molar refractivity (Wildman–Crippen MR) is 99.4 cm³/mol. The molecule has 1 aromatic heterocycles. The summed E-state index contributed by atoms with van der Waals surface area (Å²) in [5, 5.41) is 7.22. The van der Waals surface area contributed by atoms with E-state index in [1.807, 2.05) is 24.3 Å². The quantitative estimate of drug-likeness (QED) is 0.724. The van der Waals surface area contributed by atoms with Crippen LogP contribution in [0, 0.1) is 18.2 Å². The second-order valence-corrected chi connectivity index (χ2v) is 6.21. The lowest BCUT2D eigenvalue weighted by atomic mass is 9.87. The van der Waals surface area contributed by atoms with E-state index in [1.54, 1.807) is 23.0 Å². The third-order valence-electron chi connectivity index (χ3n) is 4.48. The first kappa shape index (κ1) is 16.9. The molecular formula is C21H16FN3O2. The highest BCUT2D eigenvalue weighted by Gasteiger charge is 2.30. The van der Waals surface area contributed by atoms with Crippen molar-refractivity contribution in [3.8, 4) is 23.8 Å². The minimum Gasteiger partial charge on any atom is -0.481 e. The summed E-state index contributed by atoms with van der Waals surface area (Å²) in [6.45, 7) is 0.204. The molecule has 2 aromatic carbocycles. The van der Waals surface area contributed by atoms with Crippen LogP contribution in [-0.2, 0) is 4.79 Å². The number of fused-ring (bicyclic) bond motifs is 1. The van der Waals surface area contributed by atoms with Crippen molar-refractivity contribution in [2.75, 3.05) is 11.9 Å². The molecule has 1 aliphatic heterocycles. The number of benzene rings is 2. The first-order valence-corrected chi connectivity index (χ1v) is 8.45. The molecule has 0 fully saturated rings. The lowest BCUT2D eigenvalue weighted by Crippen LogP contribution is -2.24. The molecule has 0 bridgehead atoms. The Bertz CT molecular complexity index is 1030. The molecule has 1 atom stereocenters. The third kappa shape index (κ3) is 3.27. The van der Waals surface area contributed by atoms with Crippen LogP contribution in [0.4, 0.5) is 10.2 Å². The van der Waals surface area contributed by atoms with Gasteiger partial charge in [0.1, 0.15) is 24.0 Å². The summed E-state index contributed by atoms with van der Waals surface area (Å²) < 4.78 is 20.5. The number of rotatable bonds is 4. The number of aromatic nitrogens is 2. The Kier molecular flexibility index (Phi) is 4.35. The van der Waals surface area contributed by atoms with Crippen LogP contribution in [0.1, 0.15) is 23.5 Å². The van der Waals surface area contributed by atoms with E-state index in [9.17, 15) is 9.18 Å². The molecule has 1 amide bonds. The Balaban J connectivity index is 1.70. The molecule has 134 valence electrons. The lowest BCUT2D eigenvalue weighted by molar-refractivity contribution is -0.116. The average Bonchev–Trinajstić information content (AvgIpc) is 3.10. The maximum Gasteiger partial charge on any atom is 0.226 e. The Labute approximate surface area is 155 Å². The van der Waals surface area contributed by atoms with E-state index < -0.39 is 0 Å². The van der Waals surface area contributed by atoms with Crippen molar-refractivity contribution in [2.24, 2.45) is 0 Å². The van der Waals surface area contributed by atoms with Gasteiger partial charge >= 0.3 is 0 Å². The van der Waals surface area contributed by atoms with Gasteiger partial charge in [-0.2, -0.15) is 5.10 Å². The van der Waals surface area contributed by atoms with E-state index in [4.69, 9.17) is 11.2 Å². The van der Waals surface area contributed by atoms with Crippen LogP contribution in [0.5, 0.6) is 5.75 Å². The molecule has 0 saturated carbocycles. The van der Waals surface area contributed by atoms with Crippen LogP contribution in [0.25, 0.3) is 5.69 Å². The van der Waals surface area contributed by atoms with Crippen molar-refractivity contribution in [2.45, 2.75) is 12.3 Å². The van der Waals surface area contributed by atoms with Crippen molar-refractivity contribution >= 4 is 11.7 Å². The van der Waals surface area contributed by atoms with Gasteiger partial charge in [-0.05, 0) is 35.9 Å². The number of terminal acetylenes is 1. The molecule has 4 rings (SSSR count). The zero-order valence-electron chi connectivity index (χ0n) is 14.4. The number of hydrogen-bond donors (Lipinski definition) is 1. The molecule has 2 heterocycles. The summed E-state index contributed by atoms with van der Waals surface area (Å²) in [5.74, 6) is 3.04. The van der Waals surface area contributed by atoms with Crippen LogP contribution in [0.2, 0.25) is 0 Å². The first-order chi connectivity index (χ1) is 13.2. The lowest BCUT2D eigenvalue weighted by Gasteiger charge is -2.24. The molecule has 6 heteroatoms. The Morgan fingerprint density at radius 2 is 2.11 bits per heavy atom. The number of hydrogen-bond acceptors (Lipinski definition) is 3. The molecular weight excluding hydrogens is 345 g/mol. The number of anilines is 1. The highest BCUT2D eigenvalue weighted by Crippen LogP contribution is 2.38. The molecule has 1 N–H and O–H groups in total. The average molecular weight is 361 g/mol. The predicted octanol–water partition coefficient (Wildman–Crippen LogP) is 3.50. The number of amides is 1. The third-order valence-corrected chi connectivity index (χ3v) is 4.48. The fraction of sp³-hybridized carbons (Fsp3) is 0.143. The smallest absolute Gasteiger partial charge is 0.226 e. The monoisotopic (exact) mass is 361 g/mol.